The first-order valence-corrected chi connectivity index (χ1v) is 5.86. The van der Waals surface area contributed by atoms with Crippen molar-refractivity contribution in [3.63, 3.8) is 0 Å². The van der Waals surface area contributed by atoms with Gasteiger partial charge in [0.1, 0.15) is 5.82 Å². The first-order chi connectivity index (χ1) is 7.15. The van der Waals surface area contributed by atoms with Crippen molar-refractivity contribution in [2.45, 2.75) is 19.0 Å². The van der Waals surface area contributed by atoms with Crippen molar-refractivity contribution in [1.82, 2.24) is 4.90 Å². The number of hydrogen-bond donors (Lipinski definition) is 1. The molecule has 0 bridgehead atoms. The maximum atomic E-state index is 13.2. The number of benzene rings is 1. The second-order valence-corrected chi connectivity index (χ2v) is 4.89. The predicted octanol–water partition coefficient (Wildman–Crippen LogP) is 2.54. The van der Waals surface area contributed by atoms with E-state index >= 15 is 0 Å². The number of hydrogen-bond acceptors (Lipinski definition) is 2. The minimum atomic E-state index is -0.198. The topological polar surface area (TPSA) is 29.3 Å². The molecule has 1 aromatic carbocycles. The lowest BCUT2D eigenvalue weighted by molar-refractivity contribution is 0.326. The van der Waals surface area contributed by atoms with E-state index in [4.69, 9.17) is 5.73 Å². The number of likely N-dealkylation sites (tertiary alicyclic amines) is 1. The Balaban J connectivity index is 0.00000128. The molecule has 0 saturated carbocycles. The molecule has 0 aromatic heterocycles. The largest absolute Gasteiger partial charge is 0.326 e. The van der Waals surface area contributed by atoms with Crippen LogP contribution < -0.4 is 5.73 Å². The Morgan fingerprint density at radius 3 is 2.81 bits per heavy atom. The van der Waals surface area contributed by atoms with E-state index in [9.17, 15) is 4.39 Å². The van der Waals surface area contributed by atoms with Gasteiger partial charge in [-0.15, -0.1) is 12.4 Å². The third-order valence-corrected chi connectivity index (χ3v) is 3.34. The van der Waals surface area contributed by atoms with Gasteiger partial charge >= 0.3 is 0 Å². The molecule has 1 fully saturated rings. The van der Waals surface area contributed by atoms with Crippen LogP contribution in [0.25, 0.3) is 0 Å². The molecule has 16 heavy (non-hydrogen) atoms. The van der Waals surface area contributed by atoms with Crippen molar-refractivity contribution in [3.05, 3.63) is 34.1 Å². The van der Waals surface area contributed by atoms with Crippen LogP contribution in [-0.2, 0) is 6.54 Å². The van der Waals surface area contributed by atoms with Crippen molar-refractivity contribution >= 4 is 28.3 Å². The van der Waals surface area contributed by atoms with Crippen LogP contribution in [0.5, 0.6) is 0 Å². The Morgan fingerprint density at radius 1 is 1.50 bits per heavy atom. The molecule has 1 heterocycles. The average molecular weight is 310 g/mol. The molecule has 0 radical (unpaired) electrons. The Kier molecular flexibility index (Phi) is 5.18. The monoisotopic (exact) mass is 308 g/mol. The van der Waals surface area contributed by atoms with Crippen molar-refractivity contribution in [2.75, 3.05) is 13.1 Å². The highest BCUT2D eigenvalue weighted by Crippen LogP contribution is 2.18. The van der Waals surface area contributed by atoms with E-state index in [0.29, 0.717) is 4.47 Å². The van der Waals surface area contributed by atoms with Crippen LogP contribution in [0.4, 0.5) is 4.39 Å². The molecule has 1 aliphatic heterocycles. The third-order valence-electron chi connectivity index (χ3n) is 2.70. The van der Waals surface area contributed by atoms with Crippen LogP contribution in [0.15, 0.2) is 22.7 Å². The normalized spacial score (nSPS) is 20.8. The fourth-order valence-electron chi connectivity index (χ4n) is 1.90. The molecule has 1 aliphatic rings. The van der Waals surface area contributed by atoms with Crippen molar-refractivity contribution in [1.29, 1.82) is 0 Å². The van der Waals surface area contributed by atoms with E-state index in [2.05, 4.69) is 20.8 Å². The maximum Gasteiger partial charge on any atom is 0.137 e. The Morgan fingerprint density at radius 2 is 2.25 bits per heavy atom. The van der Waals surface area contributed by atoms with E-state index in [-0.39, 0.29) is 24.3 Å². The maximum absolute atomic E-state index is 13.2. The Hall–Kier alpha value is -0.160. The molecule has 0 spiro atoms. The minimum absolute atomic E-state index is 0. The molecular formula is C11H15BrClFN2. The minimum Gasteiger partial charge on any atom is -0.326 e. The van der Waals surface area contributed by atoms with Crippen LogP contribution >= 0.6 is 28.3 Å². The fourth-order valence-corrected chi connectivity index (χ4v) is 2.15. The van der Waals surface area contributed by atoms with Crippen molar-refractivity contribution in [3.8, 4) is 0 Å². The van der Waals surface area contributed by atoms with E-state index in [1.54, 1.807) is 12.1 Å². The molecule has 1 atom stereocenters. The van der Waals surface area contributed by atoms with E-state index < -0.39 is 0 Å². The predicted molar refractivity (Wildman–Crippen MR) is 69.2 cm³/mol. The summed E-state index contributed by atoms with van der Waals surface area (Å²) in [6, 6.07) is 5.55. The molecular weight excluding hydrogens is 294 g/mol. The lowest BCUT2D eigenvalue weighted by atomic mass is 10.2. The fraction of sp³-hybridized carbons (Fsp3) is 0.455. The molecule has 0 aliphatic carbocycles. The number of rotatable bonds is 2. The molecule has 0 amide bonds. The summed E-state index contributed by atoms with van der Waals surface area (Å²) in [4.78, 5) is 2.26. The van der Waals surface area contributed by atoms with Gasteiger partial charge in [-0.25, -0.2) is 4.39 Å². The zero-order valence-corrected chi connectivity index (χ0v) is 11.2. The van der Waals surface area contributed by atoms with E-state index in [1.165, 1.54) is 0 Å². The van der Waals surface area contributed by atoms with Gasteiger partial charge in [0.2, 0.25) is 0 Å². The van der Waals surface area contributed by atoms with Gasteiger partial charge in [0, 0.05) is 25.7 Å². The van der Waals surface area contributed by atoms with Crippen molar-refractivity contribution < 1.29 is 4.39 Å². The number of nitrogens with zero attached hydrogens (tertiary/aromatic N) is 1. The van der Waals surface area contributed by atoms with Gasteiger partial charge in [-0.05, 0) is 40.0 Å². The van der Waals surface area contributed by atoms with E-state index in [0.717, 1.165) is 31.6 Å². The van der Waals surface area contributed by atoms with Crippen LogP contribution in [-0.4, -0.2) is 24.0 Å². The summed E-state index contributed by atoms with van der Waals surface area (Å²) in [5.74, 6) is -0.198. The third kappa shape index (κ3) is 3.42. The van der Waals surface area contributed by atoms with Gasteiger partial charge in [0.25, 0.3) is 0 Å². The zero-order valence-electron chi connectivity index (χ0n) is 8.83. The average Bonchev–Trinajstić information content (AvgIpc) is 2.58. The van der Waals surface area contributed by atoms with E-state index in [1.807, 2.05) is 6.07 Å². The summed E-state index contributed by atoms with van der Waals surface area (Å²) in [7, 11) is 0. The van der Waals surface area contributed by atoms with Crippen molar-refractivity contribution in [2.24, 2.45) is 5.73 Å². The van der Waals surface area contributed by atoms with Crippen LogP contribution in [0.1, 0.15) is 12.0 Å². The summed E-state index contributed by atoms with van der Waals surface area (Å²) in [6.45, 7) is 2.72. The first-order valence-electron chi connectivity index (χ1n) is 5.07. The second kappa shape index (κ2) is 5.96. The highest BCUT2D eigenvalue weighted by Gasteiger charge is 2.18. The van der Waals surface area contributed by atoms with Gasteiger partial charge in [-0.3, -0.25) is 4.90 Å². The standard InChI is InChI=1S/C11H14BrFN2.ClH/c12-10-2-1-8(5-11(10)13)6-15-4-3-9(14)7-15;/h1-2,5,9H,3-4,6-7,14H2;1H. The Bertz CT molecular complexity index is 362. The summed E-state index contributed by atoms with van der Waals surface area (Å²) in [6.07, 6.45) is 1.04. The zero-order chi connectivity index (χ0) is 10.8. The van der Waals surface area contributed by atoms with Gasteiger partial charge in [0.05, 0.1) is 4.47 Å². The molecule has 5 heteroatoms. The van der Waals surface area contributed by atoms with Gasteiger partial charge in [-0.1, -0.05) is 6.07 Å². The van der Waals surface area contributed by atoms with Gasteiger partial charge < -0.3 is 5.73 Å². The second-order valence-electron chi connectivity index (χ2n) is 4.03. The van der Waals surface area contributed by atoms with Crippen LogP contribution in [0, 0.1) is 5.82 Å². The lowest BCUT2D eigenvalue weighted by Crippen LogP contribution is -2.26. The number of halogens is 3. The summed E-state index contributed by atoms with van der Waals surface area (Å²) in [5, 5.41) is 0. The van der Waals surface area contributed by atoms with Crippen LogP contribution in [0.2, 0.25) is 0 Å². The van der Waals surface area contributed by atoms with Gasteiger partial charge in [-0.2, -0.15) is 0 Å². The molecule has 2 nitrogen and oxygen atoms in total. The molecule has 2 rings (SSSR count). The molecule has 90 valence electrons. The summed E-state index contributed by atoms with van der Waals surface area (Å²) >= 11 is 3.14. The molecule has 1 aromatic rings. The summed E-state index contributed by atoms with van der Waals surface area (Å²) in [5.41, 5.74) is 6.81. The first kappa shape index (κ1) is 13.9. The molecule has 1 saturated heterocycles. The van der Waals surface area contributed by atoms with Crippen LogP contribution in [0.3, 0.4) is 0 Å². The molecule has 1 unspecified atom stereocenters. The Labute approximate surface area is 110 Å². The smallest absolute Gasteiger partial charge is 0.137 e. The highest BCUT2D eigenvalue weighted by molar-refractivity contribution is 9.10. The number of nitrogens with two attached hydrogens (primary N) is 1. The molecule has 2 N–H and O–H groups in total. The summed E-state index contributed by atoms with van der Waals surface area (Å²) < 4.78 is 13.8. The van der Waals surface area contributed by atoms with Gasteiger partial charge in [0.15, 0.2) is 0 Å². The highest BCUT2D eigenvalue weighted by atomic mass is 79.9. The SMILES string of the molecule is Cl.NC1CCN(Cc2ccc(Br)c(F)c2)C1. The lowest BCUT2D eigenvalue weighted by Gasteiger charge is -2.15. The quantitative estimate of drug-likeness (QED) is 0.910.